The zero-order valence-electron chi connectivity index (χ0n) is 12.1. The minimum Gasteiger partial charge on any atom is -0.350 e. The number of aryl methyl sites for hydroxylation is 1. The fourth-order valence-electron chi connectivity index (χ4n) is 2.39. The van der Waals surface area contributed by atoms with Crippen molar-refractivity contribution in [3.8, 4) is 0 Å². The molecule has 3 rings (SSSR count). The lowest BCUT2D eigenvalue weighted by molar-refractivity contribution is 0.102. The number of hydrogen-bond donors (Lipinski definition) is 1. The van der Waals surface area contributed by atoms with E-state index in [0.29, 0.717) is 26.6 Å². The van der Waals surface area contributed by atoms with Crippen LogP contribution in [-0.2, 0) is 7.05 Å². The van der Waals surface area contributed by atoms with Crippen LogP contribution in [-0.4, -0.2) is 10.5 Å². The molecule has 0 atom stereocenters. The minimum absolute atomic E-state index is 0.0437. The van der Waals surface area contributed by atoms with Gasteiger partial charge in [0.1, 0.15) is 5.56 Å². The molecule has 0 bridgehead atoms. The summed E-state index contributed by atoms with van der Waals surface area (Å²) in [6, 6.07) is 11.8. The number of carbonyl (C=O) groups is 1. The minimum atomic E-state index is -0.491. The van der Waals surface area contributed by atoms with Crippen LogP contribution in [0.3, 0.4) is 0 Å². The molecule has 4 nitrogen and oxygen atoms in total. The third-order valence-electron chi connectivity index (χ3n) is 3.48. The van der Waals surface area contributed by atoms with Crippen molar-refractivity contribution in [2.75, 3.05) is 5.32 Å². The van der Waals surface area contributed by atoms with E-state index in [1.807, 2.05) is 0 Å². The maximum absolute atomic E-state index is 12.6. The molecule has 0 spiro atoms. The fourth-order valence-corrected chi connectivity index (χ4v) is 2.75. The van der Waals surface area contributed by atoms with Gasteiger partial charge in [0.2, 0.25) is 5.43 Å². The highest BCUT2D eigenvalue weighted by molar-refractivity contribution is 6.31. The molecule has 3 aromatic rings. The molecule has 0 saturated carbocycles. The van der Waals surface area contributed by atoms with Crippen LogP contribution in [0, 0.1) is 0 Å². The molecule has 0 aliphatic heterocycles. The van der Waals surface area contributed by atoms with Crippen molar-refractivity contribution in [2.45, 2.75) is 0 Å². The molecule has 0 saturated heterocycles. The highest BCUT2D eigenvalue weighted by Crippen LogP contribution is 2.18. The second kappa shape index (κ2) is 6.07. The van der Waals surface area contributed by atoms with Crippen LogP contribution in [0.2, 0.25) is 10.0 Å². The molecule has 0 aliphatic carbocycles. The highest BCUT2D eigenvalue weighted by atomic mass is 35.5. The number of benzene rings is 2. The Morgan fingerprint density at radius 3 is 2.57 bits per heavy atom. The number of aromatic nitrogens is 1. The van der Waals surface area contributed by atoms with Crippen LogP contribution in [0.1, 0.15) is 10.4 Å². The smallest absolute Gasteiger partial charge is 0.261 e. The molecule has 116 valence electrons. The molecule has 1 amide bonds. The van der Waals surface area contributed by atoms with Gasteiger partial charge in [-0.25, -0.2) is 0 Å². The Balaban J connectivity index is 2.07. The lowest BCUT2D eigenvalue weighted by atomic mass is 10.1. The van der Waals surface area contributed by atoms with Gasteiger partial charge in [-0.2, -0.15) is 0 Å². The Morgan fingerprint density at radius 1 is 1.09 bits per heavy atom. The van der Waals surface area contributed by atoms with Crippen LogP contribution in [0.25, 0.3) is 10.9 Å². The van der Waals surface area contributed by atoms with Crippen molar-refractivity contribution in [3.63, 3.8) is 0 Å². The van der Waals surface area contributed by atoms with Crippen molar-refractivity contribution in [1.82, 2.24) is 4.57 Å². The number of nitrogens with zero attached hydrogens (tertiary/aromatic N) is 1. The number of anilines is 1. The number of carbonyl (C=O) groups excluding carboxylic acids is 1. The molecule has 0 fully saturated rings. The highest BCUT2D eigenvalue weighted by Gasteiger charge is 2.15. The van der Waals surface area contributed by atoms with Crippen LogP contribution in [0.15, 0.2) is 53.5 Å². The number of nitrogens with one attached hydrogen (secondary N) is 1. The zero-order chi connectivity index (χ0) is 16.6. The third kappa shape index (κ3) is 3.09. The van der Waals surface area contributed by atoms with E-state index in [1.54, 1.807) is 54.1 Å². The van der Waals surface area contributed by atoms with Crippen molar-refractivity contribution in [1.29, 1.82) is 0 Å². The fraction of sp³-hybridized carbons (Fsp3) is 0.0588. The summed E-state index contributed by atoms with van der Waals surface area (Å²) in [7, 11) is 1.77. The third-order valence-corrected chi connectivity index (χ3v) is 3.95. The first-order valence-electron chi connectivity index (χ1n) is 6.81. The lowest BCUT2D eigenvalue weighted by Crippen LogP contribution is -2.23. The first kappa shape index (κ1) is 15.6. The first-order chi connectivity index (χ1) is 11.0. The van der Waals surface area contributed by atoms with Gasteiger partial charge in [0.25, 0.3) is 5.91 Å². The van der Waals surface area contributed by atoms with E-state index in [-0.39, 0.29) is 11.0 Å². The molecule has 1 heterocycles. The summed E-state index contributed by atoms with van der Waals surface area (Å²) in [5.41, 5.74) is 0.914. The quantitative estimate of drug-likeness (QED) is 0.759. The predicted molar refractivity (Wildman–Crippen MR) is 93.6 cm³/mol. The Kier molecular flexibility index (Phi) is 4.11. The summed E-state index contributed by atoms with van der Waals surface area (Å²) >= 11 is 11.9. The SMILES string of the molecule is Cn1cc(C(=O)Nc2cccc(Cl)c2)c(=O)c2cc(Cl)ccc21. The van der Waals surface area contributed by atoms with Crippen LogP contribution in [0.5, 0.6) is 0 Å². The molecular weight excluding hydrogens is 335 g/mol. The molecule has 1 N–H and O–H groups in total. The number of pyridine rings is 1. The molecule has 23 heavy (non-hydrogen) atoms. The van der Waals surface area contributed by atoms with Gasteiger partial charge < -0.3 is 9.88 Å². The van der Waals surface area contributed by atoms with Gasteiger partial charge in [-0.05, 0) is 36.4 Å². The summed E-state index contributed by atoms with van der Waals surface area (Å²) in [4.78, 5) is 25.0. The van der Waals surface area contributed by atoms with Gasteiger partial charge in [0.15, 0.2) is 0 Å². The standard InChI is InChI=1S/C17H12Cl2N2O2/c1-21-9-14(16(22)13-8-11(19)5-6-15(13)21)17(23)20-12-4-2-3-10(18)7-12/h2-9H,1H3,(H,20,23). The molecule has 0 unspecified atom stereocenters. The number of rotatable bonds is 2. The summed E-state index contributed by atoms with van der Waals surface area (Å²) in [5, 5.41) is 4.03. The van der Waals surface area contributed by atoms with E-state index in [2.05, 4.69) is 5.32 Å². The maximum atomic E-state index is 12.6. The van der Waals surface area contributed by atoms with Gasteiger partial charge in [-0.1, -0.05) is 29.3 Å². The van der Waals surface area contributed by atoms with Gasteiger partial charge in [-0.3, -0.25) is 9.59 Å². The second-order valence-corrected chi connectivity index (χ2v) is 5.98. The molecule has 1 aromatic heterocycles. The van der Waals surface area contributed by atoms with E-state index < -0.39 is 5.91 Å². The molecule has 6 heteroatoms. The Bertz CT molecular complexity index is 980. The first-order valence-corrected chi connectivity index (χ1v) is 7.57. The van der Waals surface area contributed by atoms with Gasteiger partial charge >= 0.3 is 0 Å². The van der Waals surface area contributed by atoms with Crippen LogP contribution < -0.4 is 10.7 Å². The average molecular weight is 347 g/mol. The Hall–Kier alpha value is -2.30. The zero-order valence-corrected chi connectivity index (χ0v) is 13.7. The summed E-state index contributed by atoms with van der Waals surface area (Å²) < 4.78 is 1.72. The van der Waals surface area contributed by atoms with Crippen molar-refractivity contribution >= 4 is 45.7 Å². The van der Waals surface area contributed by atoms with E-state index in [1.165, 1.54) is 6.20 Å². The van der Waals surface area contributed by atoms with Crippen molar-refractivity contribution < 1.29 is 4.79 Å². The normalized spacial score (nSPS) is 10.7. The van der Waals surface area contributed by atoms with Gasteiger partial charge in [0.05, 0.1) is 5.52 Å². The molecular formula is C17H12Cl2N2O2. The Labute approximate surface area is 142 Å². The second-order valence-electron chi connectivity index (χ2n) is 5.11. The van der Waals surface area contributed by atoms with E-state index in [9.17, 15) is 9.59 Å². The van der Waals surface area contributed by atoms with Gasteiger partial charge in [-0.15, -0.1) is 0 Å². The monoisotopic (exact) mass is 346 g/mol. The summed E-state index contributed by atoms with van der Waals surface area (Å²) in [5.74, 6) is -0.491. The van der Waals surface area contributed by atoms with Crippen LogP contribution >= 0.6 is 23.2 Å². The largest absolute Gasteiger partial charge is 0.350 e. The van der Waals surface area contributed by atoms with E-state index in [0.717, 1.165) is 0 Å². The molecule has 0 aliphatic rings. The van der Waals surface area contributed by atoms with E-state index in [4.69, 9.17) is 23.2 Å². The molecule has 2 aromatic carbocycles. The summed E-state index contributed by atoms with van der Waals surface area (Å²) in [6.07, 6.45) is 1.51. The molecule has 0 radical (unpaired) electrons. The number of fused-ring (bicyclic) bond motifs is 1. The topological polar surface area (TPSA) is 51.1 Å². The van der Waals surface area contributed by atoms with Crippen molar-refractivity contribution in [3.05, 3.63) is 74.5 Å². The predicted octanol–water partition coefficient (Wildman–Crippen LogP) is 4.10. The number of halogens is 2. The lowest BCUT2D eigenvalue weighted by Gasteiger charge is -2.10. The van der Waals surface area contributed by atoms with E-state index >= 15 is 0 Å². The Morgan fingerprint density at radius 2 is 1.83 bits per heavy atom. The number of amides is 1. The maximum Gasteiger partial charge on any atom is 0.261 e. The van der Waals surface area contributed by atoms with Crippen molar-refractivity contribution in [2.24, 2.45) is 7.05 Å². The average Bonchev–Trinajstić information content (AvgIpc) is 2.50. The summed E-state index contributed by atoms with van der Waals surface area (Å²) in [6.45, 7) is 0. The van der Waals surface area contributed by atoms with Crippen LogP contribution in [0.4, 0.5) is 5.69 Å². The number of hydrogen-bond acceptors (Lipinski definition) is 2. The van der Waals surface area contributed by atoms with Gasteiger partial charge in [0, 0.05) is 34.4 Å².